The molecule has 5 heteroatoms. The summed E-state index contributed by atoms with van der Waals surface area (Å²) in [6.45, 7) is 0. The molecule has 0 spiro atoms. The second-order valence-electron chi connectivity index (χ2n) is 14.0. The zero-order chi connectivity index (χ0) is 37.0. The number of nitrogens with zero attached hydrogens (tertiary/aromatic N) is 4. The van der Waals surface area contributed by atoms with Crippen molar-refractivity contribution in [3.05, 3.63) is 194 Å². The second-order valence-corrected chi connectivity index (χ2v) is 15.0. The molecule has 0 fully saturated rings. The molecule has 11 aromatic rings. The lowest BCUT2D eigenvalue weighted by Crippen LogP contribution is -2.00. The first-order valence-corrected chi connectivity index (χ1v) is 19.6. The van der Waals surface area contributed by atoms with Gasteiger partial charge in [-0.05, 0) is 47.0 Å². The van der Waals surface area contributed by atoms with E-state index in [1.807, 2.05) is 18.2 Å². The molecule has 11 rings (SSSR count). The van der Waals surface area contributed by atoms with E-state index in [9.17, 15) is 0 Å². The fourth-order valence-electron chi connectivity index (χ4n) is 8.01. The van der Waals surface area contributed by atoms with Crippen molar-refractivity contribution < 1.29 is 0 Å². The van der Waals surface area contributed by atoms with Gasteiger partial charge in [0, 0.05) is 53.2 Å². The number of fused-ring (bicyclic) bond motifs is 6. The van der Waals surface area contributed by atoms with Gasteiger partial charge in [0.05, 0.1) is 16.7 Å². The zero-order valence-electron chi connectivity index (χ0n) is 30.2. The Morgan fingerprint density at radius 1 is 0.321 bits per heavy atom. The third-order valence-electron chi connectivity index (χ3n) is 10.7. The minimum absolute atomic E-state index is 0.649. The van der Waals surface area contributed by atoms with E-state index in [0.717, 1.165) is 33.5 Å². The largest absolute Gasteiger partial charge is 0.309 e. The maximum Gasteiger partial charge on any atom is 0.165 e. The molecule has 0 unspecified atom stereocenters. The molecule has 3 aromatic heterocycles. The molecule has 0 N–H and O–H groups in total. The van der Waals surface area contributed by atoms with E-state index < -0.39 is 0 Å². The summed E-state index contributed by atoms with van der Waals surface area (Å²) in [7, 11) is 0. The third kappa shape index (κ3) is 5.40. The van der Waals surface area contributed by atoms with Crippen LogP contribution in [0.25, 0.3) is 104 Å². The van der Waals surface area contributed by atoms with Crippen molar-refractivity contribution >= 4 is 53.3 Å². The Bertz CT molecular complexity index is 3180. The first-order valence-electron chi connectivity index (χ1n) is 18.8. The molecule has 56 heavy (non-hydrogen) atoms. The van der Waals surface area contributed by atoms with Crippen molar-refractivity contribution in [2.24, 2.45) is 0 Å². The molecule has 0 aliphatic rings. The molecule has 0 atom stereocenters. The van der Waals surface area contributed by atoms with Crippen molar-refractivity contribution in [2.75, 3.05) is 0 Å². The summed E-state index contributed by atoms with van der Waals surface area (Å²) >= 11 is 1.78. The number of benzene rings is 8. The molecule has 0 saturated heterocycles. The lowest BCUT2D eigenvalue weighted by Gasteiger charge is -2.14. The fraction of sp³-hybridized carbons (Fsp3) is 0. The van der Waals surface area contributed by atoms with Gasteiger partial charge in [0.1, 0.15) is 0 Å². The van der Waals surface area contributed by atoms with Gasteiger partial charge in [-0.3, -0.25) is 0 Å². The minimum Gasteiger partial charge on any atom is -0.309 e. The van der Waals surface area contributed by atoms with Gasteiger partial charge in [-0.15, -0.1) is 11.3 Å². The molecule has 3 heterocycles. The monoisotopic (exact) mass is 732 g/mol. The molecule has 4 nitrogen and oxygen atoms in total. The summed E-state index contributed by atoms with van der Waals surface area (Å²) in [5.74, 6) is 1.98. The molecular weight excluding hydrogens is 701 g/mol. The number of rotatable bonds is 6. The van der Waals surface area contributed by atoms with Crippen LogP contribution in [0, 0.1) is 0 Å². The average molecular weight is 733 g/mol. The van der Waals surface area contributed by atoms with E-state index in [1.54, 1.807) is 11.3 Å². The summed E-state index contributed by atoms with van der Waals surface area (Å²) in [5.41, 5.74) is 11.1. The highest BCUT2D eigenvalue weighted by molar-refractivity contribution is 7.26. The van der Waals surface area contributed by atoms with E-state index >= 15 is 0 Å². The van der Waals surface area contributed by atoms with E-state index in [0.29, 0.717) is 17.5 Å². The van der Waals surface area contributed by atoms with Crippen molar-refractivity contribution in [3.63, 3.8) is 0 Å². The quantitative estimate of drug-likeness (QED) is 0.171. The smallest absolute Gasteiger partial charge is 0.165 e. The van der Waals surface area contributed by atoms with Crippen molar-refractivity contribution in [2.45, 2.75) is 0 Å². The van der Waals surface area contributed by atoms with Gasteiger partial charge >= 0.3 is 0 Å². The van der Waals surface area contributed by atoms with Gasteiger partial charge in [-0.1, -0.05) is 164 Å². The Morgan fingerprint density at radius 3 is 1.50 bits per heavy atom. The lowest BCUT2D eigenvalue weighted by molar-refractivity contribution is 1.08. The molecule has 0 aliphatic heterocycles. The lowest BCUT2D eigenvalue weighted by atomic mass is 9.98. The van der Waals surface area contributed by atoms with Crippen LogP contribution in [-0.2, 0) is 0 Å². The number of hydrogen-bond acceptors (Lipinski definition) is 4. The van der Waals surface area contributed by atoms with Gasteiger partial charge in [-0.2, -0.15) is 0 Å². The van der Waals surface area contributed by atoms with E-state index in [-0.39, 0.29) is 0 Å². The highest BCUT2D eigenvalue weighted by Crippen LogP contribution is 2.40. The first-order chi connectivity index (χ1) is 27.8. The Kier molecular flexibility index (Phi) is 7.64. The number of aromatic nitrogens is 4. The van der Waals surface area contributed by atoms with Crippen LogP contribution in [0.2, 0.25) is 0 Å². The van der Waals surface area contributed by atoms with Crippen LogP contribution < -0.4 is 0 Å². The van der Waals surface area contributed by atoms with Crippen LogP contribution in [-0.4, -0.2) is 19.5 Å². The van der Waals surface area contributed by atoms with Gasteiger partial charge in [0.25, 0.3) is 0 Å². The summed E-state index contributed by atoms with van der Waals surface area (Å²) in [5, 5.41) is 4.99. The molecule has 0 amide bonds. The number of para-hydroxylation sites is 3. The van der Waals surface area contributed by atoms with Crippen LogP contribution in [0.15, 0.2) is 194 Å². The highest BCUT2D eigenvalue weighted by Gasteiger charge is 2.18. The first kappa shape index (κ1) is 32.2. The van der Waals surface area contributed by atoms with Crippen molar-refractivity contribution in [3.8, 4) is 62.1 Å². The molecule has 262 valence electrons. The Morgan fingerprint density at radius 2 is 0.804 bits per heavy atom. The molecule has 0 radical (unpaired) electrons. The summed E-state index contributed by atoms with van der Waals surface area (Å²) in [4.78, 5) is 15.2. The molecule has 0 bridgehead atoms. The second kappa shape index (κ2) is 13.3. The van der Waals surface area contributed by atoms with Crippen molar-refractivity contribution in [1.82, 2.24) is 19.5 Å². The fourth-order valence-corrected chi connectivity index (χ4v) is 9.23. The summed E-state index contributed by atoms with van der Waals surface area (Å²) < 4.78 is 4.83. The molecule has 0 aliphatic carbocycles. The molecule has 8 aromatic carbocycles. The van der Waals surface area contributed by atoms with Gasteiger partial charge in [-0.25, -0.2) is 15.0 Å². The van der Waals surface area contributed by atoms with Gasteiger partial charge in [0.2, 0.25) is 0 Å². The predicted octanol–water partition coefficient (Wildman–Crippen LogP) is 13.7. The highest BCUT2D eigenvalue weighted by atomic mass is 32.1. The SMILES string of the molecule is c1ccc(-c2nc(-c3ccc(-c4ccc(-c5ccccc5-n5c6ccccc6c6ccccc65)cc4)cc3)nc(-c3cccc4c3sc3ccccc34)n2)cc1. The van der Waals surface area contributed by atoms with Gasteiger partial charge < -0.3 is 4.57 Å². The van der Waals surface area contributed by atoms with Crippen LogP contribution in [0.3, 0.4) is 0 Å². The predicted molar refractivity (Wildman–Crippen MR) is 234 cm³/mol. The Labute approximate surface area is 327 Å². The van der Waals surface area contributed by atoms with Crippen molar-refractivity contribution in [1.29, 1.82) is 0 Å². The average Bonchev–Trinajstić information content (AvgIpc) is 3.83. The minimum atomic E-state index is 0.649. The standard InChI is InChI=1S/C51H32N4S/c1-2-13-36(14-3-1)49-52-50(54-51(53-49)43-20-12-19-42-41-18-7-11-24-47(41)56-48(42)43)37-31-27-34(28-32-37)33-25-29-35(30-26-33)38-15-4-8-21-44(38)55-45-22-9-5-16-39(45)40-17-6-10-23-46(40)55/h1-32H. The van der Waals surface area contributed by atoms with Crippen LogP contribution >= 0.6 is 11.3 Å². The van der Waals surface area contributed by atoms with Gasteiger partial charge in [0.15, 0.2) is 17.5 Å². The zero-order valence-corrected chi connectivity index (χ0v) is 31.0. The van der Waals surface area contributed by atoms with Crippen LogP contribution in [0.1, 0.15) is 0 Å². The maximum absolute atomic E-state index is 5.12. The maximum atomic E-state index is 5.12. The normalized spacial score (nSPS) is 11.6. The van der Waals surface area contributed by atoms with E-state index in [2.05, 4.69) is 180 Å². The van der Waals surface area contributed by atoms with E-state index in [4.69, 9.17) is 15.0 Å². The Balaban J connectivity index is 0.956. The topological polar surface area (TPSA) is 43.6 Å². The Hall–Kier alpha value is -7.21. The van der Waals surface area contributed by atoms with E-state index in [1.165, 1.54) is 53.1 Å². The van der Waals surface area contributed by atoms with Crippen LogP contribution in [0.4, 0.5) is 0 Å². The van der Waals surface area contributed by atoms with Crippen LogP contribution in [0.5, 0.6) is 0 Å². The molecule has 0 saturated carbocycles. The third-order valence-corrected chi connectivity index (χ3v) is 11.9. The molecular formula is C51H32N4S. The number of hydrogen-bond donors (Lipinski definition) is 0. The number of thiophene rings is 1. The summed E-state index contributed by atoms with van der Waals surface area (Å²) in [6, 6.07) is 68.6. The summed E-state index contributed by atoms with van der Waals surface area (Å²) in [6.07, 6.45) is 0.